The number of nitrogens with two attached hydrogens (primary N) is 1. The van der Waals surface area contributed by atoms with Gasteiger partial charge < -0.3 is 11.1 Å². The summed E-state index contributed by atoms with van der Waals surface area (Å²) >= 11 is 1.39. The summed E-state index contributed by atoms with van der Waals surface area (Å²) < 4.78 is 0. The first-order chi connectivity index (χ1) is 11.1. The van der Waals surface area contributed by atoms with E-state index in [0.29, 0.717) is 16.6 Å². The van der Waals surface area contributed by atoms with E-state index in [4.69, 9.17) is 5.73 Å². The van der Waals surface area contributed by atoms with Crippen molar-refractivity contribution in [3.63, 3.8) is 0 Å². The zero-order valence-electron chi connectivity index (χ0n) is 13.1. The van der Waals surface area contributed by atoms with Gasteiger partial charge in [-0.15, -0.1) is 11.3 Å². The summed E-state index contributed by atoms with van der Waals surface area (Å²) in [4.78, 5) is 18.6. The molecule has 0 bridgehead atoms. The summed E-state index contributed by atoms with van der Waals surface area (Å²) in [6, 6.07) is 8.49. The van der Waals surface area contributed by atoms with Gasteiger partial charge in [0.1, 0.15) is 9.71 Å². The number of rotatable bonds is 2. The van der Waals surface area contributed by atoms with Crippen molar-refractivity contribution >= 4 is 44.1 Å². The Morgan fingerprint density at radius 2 is 2.09 bits per heavy atom. The minimum Gasteiger partial charge on any atom is -0.397 e. The highest BCUT2D eigenvalue weighted by Crippen LogP contribution is 2.35. The van der Waals surface area contributed by atoms with Crippen molar-refractivity contribution in [1.29, 1.82) is 0 Å². The highest BCUT2D eigenvalue weighted by molar-refractivity contribution is 7.21. The fraction of sp³-hybridized carbons (Fsp3) is 0.333. The van der Waals surface area contributed by atoms with Gasteiger partial charge in [-0.2, -0.15) is 0 Å². The summed E-state index contributed by atoms with van der Waals surface area (Å²) in [6.45, 7) is 2.06. The third-order valence-corrected chi connectivity index (χ3v) is 5.68. The van der Waals surface area contributed by atoms with Crippen molar-refractivity contribution < 1.29 is 4.79 Å². The van der Waals surface area contributed by atoms with Crippen molar-refractivity contribution in [1.82, 2.24) is 10.3 Å². The Morgan fingerprint density at radius 1 is 1.30 bits per heavy atom. The van der Waals surface area contributed by atoms with Crippen molar-refractivity contribution in [3.05, 3.63) is 34.7 Å². The van der Waals surface area contributed by atoms with Crippen LogP contribution in [0.1, 0.15) is 40.9 Å². The number of aromatic nitrogens is 1. The zero-order chi connectivity index (χ0) is 16.0. The molecule has 0 unspecified atom stereocenters. The number of fused-ring (bicyclic) bond motifs is 2. The fourth-order valence-electron chi connectivity index (χ4n) is 3.31. The Balaban J connectivity index is 1.76. The maximum absolute atomic E-state index is 12.5. The van der Waals surface area contributed by atoms with Crippen LogP contribution in [-0.4, -0.2) is 16.9 Å². The minimum atomic E-state index is -0.0577. The SMILES string of the molecule is Cc1ccc2nc3sc(C(=O)NC4CCCC4)c(N)c3cc2c1. The first-order valence-corrected chi connectivity index (χ1v) is 8.84. The summed E-state index contributed by atoms with van der Waals surface area (Å²) in [5.41, 5.74) is 8.93. The number of hydrogen-bond donors (Lipinski definition) is 2. The summed E-state index contributed by atoms with van der Waals surface area (Å²) in [5.74, 6) is -0.0577. The summed E-state index contributed by atoms with van der Waals surface area (Å²) in [7, 11) is 0. The molecular weight excluding hydrogens is 306 g/mol. The van der Waals surface area contributed by atoms with Crippen molar-refractivity contribution in [2.24, 2.45) is 0 Å². The molecule has 1 aliphatic carbocycles. The second-order valence-corrected chi connectivity index (χ2v) is 7.34. The predicted molar refractivity (Wildman–Crippen MR) is 96.0 cm³/mol. The standard InChI is InChI=1S/C18H19N3OS/c1-10-6-7-14-11(8-10)9-13-15(19)16(23-18(13)21-14)17(22)20-12-4-2-3-5-12/h6-9,12H,2-5,19H2,1H3,(H,20,22). The number of thiophene rings is 1. The Bertz CT molecular complexity index is 909. The third-order valence-electron chi connectivity index (χ3n) is 4.57. The quantitative estimate of drug-likeness (QED) is 0.748. The lowest BCUT2D eigenvalue weighted by atomic mass is 10.1. The molecule has 4 nitrogen and oxygen atoms in total. The van der Waals surface area contributed by atoms with E-state index < -0.39 is 0 Å². The maximum Gasteiger partial charge on any atom is 0.263 e. The lowest BCUT2D eigenvalue weighted by molar-refractivity contribution is 0.0943. The molecule has 0 spiro atoms. The second-order valence-electron chi connectivity index (χ2n) is 6.34. The first-order valence-electron chi connectivity index (χ1n) is 8.02. The lowest BCUT2D eigenvalue weighted by Gasteiger charge is -2.10. The van der Waals surface area contributed by atoms with E-state index in [1.165, 1.54) is 29.7 Å². The van der Waals surface area contributed by atoms with Gasteiger partial charge in [-0.3, -0.25) is 4.79 Å². The van der Waals surface area contributed by atoms with Gasteiger partial charge in [0.05, 0.1) is 11.2 Å². The van der Waals surface area contributed by atoms with Gasteiger partial charge in [-0.25, -0.2) is 4.98 Å². The monoisotopic (exact) mass is 325 g/mol. The van der Waals surface area contributed by atoms with Crippen LogP contribution in [0.25, 0.3) is 21.1 Å². The van der Waals surface area contributed by atoms with E-state index in [0.717, 1.165) is 34.0 Å². The number of hydrogen-bond acceptors (Lipinski definition) is 4. The maximum atomic E-state index is 12.5. The fourth-order valence-corrected chi connectivity index (χ4v) is 4.30. The van der Waals surface area contributed by atoms with Gasteiger partial charge in [0.25, 0.3) is 5.91 Å². The topological polar surface area (TPSA) is 68.0 Å². The van der Waals surface area contributed by atoms with Crippen LogP contribution in [0.2, 0.25) is 0 Å². The van der Waals surface area contributed by atoms with Gasteiger partial charge in [0, 0.05) is 16.8 Å². The molecule has 0 atom stereocenters. The number of pyridine rings is 1. The smallest absolute Gasteiger partial charge is 0.263 e. The molecular formula is C18H19N3OS. The number of benzene rings is 1. The van der Waals surface area contributed by atoms with Crippen LogP contribution >= 0.6 is 11.3 Å². The van der Waals surface area contributed by atoms with Crippen LogP contribution in [0.15, 0.2) is 24.3 Å². The molecule has 1 aliphatic rings. The van der Waals surface area contributed by atoms with Gasteiger partial charge in [0.15, 0.2) is 0 Å². The molecule has 1 saturated carbocycles. The molecule has 2 aromatic heterocycles. The van der Waals surface area contributed by atoms with Crippen molar-refractivity contribution in [2.45, 2.75) is 38.6 Å². The molecule has 118 valence electrons. The highest BCUT2D eigenvalue weighted by Gasteiger charge is 2.22. The van der Waals surface area contributed by atoms with Gasteiger partial charge >= 0.3 is 0 Å². The molecule has 5 heteroatoms. The number of carbonyl (C=O) groups is 1. The number of nitrogens with zero attached hydrogens (tertiary/aromatic N) is 1. The van der Waals surface area contributed by atoms with E-state index in [9.17, 15) is 4.79 Å². The van der Waals surface area contributed by atoms with Crippen LogP contribution in [-0.2, 0) is 0 Å². The average molecular weight is 325 g/mol. The predicted octanol–water partition coefficient (Wildman–Crippen LogP) is 4.01. The number of anilines is 1. The number of nitrogens with one attached hydrogen (secondary N) is 1. The molecule has 1 amide bonds. The van der Waals surface area contributed by atoms with Crippen LogP contribution < -0.4 is 11.1 Å². The molecule has 1 fully saturated rings. The molecule has 3 aromatic rings. The van der Waals surface area contributed by atoms with E-state index >= 15 is 0 Å². The molecule has 0 radical (unpaired) electrons. The van der Waals surface area contributed by atoms with Crippen LogP contribution in [0, 0.1) is 6.92 Å². The van der Waals surface area contributed by atoms with Crippen LogP contribution in [0.5, 0.6) is 0 Å². The zero-order valence-corrected chi connectivity index (χ0v) is 13.9. The van der Waals surface area contributed by atoms with E-state index in [1.807, 2.05) is 18.2 Å². The summed E-state index contributed by atoms with van der Waals surface area (Å²) in [6.07, 6.45) is 4.52. The normalized spacial score (nSPS) is 15.5. The first kappa shape index (κ1) is 14.5. The average Bonchev–Trinajstić information content (AvgIpc) is 3.14. The number of carbonyl (C=O) groups excluding carboxylic acids is 1. The highest BCUT2D eigenvalue weighted by atomic mass is 32.1. The Hall–Kier alpha value is -2.14. The Kier molecular flexibility index (Phi) is 3.45. The minimum absolute atomic E-state index is 0.0577. The lowest BCUT2D eigenvalue weighted by Crippen LogP contribution is -2.32. The van der Waals surface area contributed by atoms with Gasteiger partial charge in [0.2, 0.25) is 0 Å². The van der Waals surface area contributed by atoms with E-state index in [-0.39, 0.29) is 5.91 Å². The molecule has 1 aromatic carbocycles. The van der Waals surface area contributed by atoms with E-state index in [2.05, 4.69) is 23.3 Å². The molecule has 0 aliphatic heterocycles. The molecule has 4 rings (SSSR count). The molecule has 0 saturated heterocycles. The number of nitrogen functional groups attached to an aromatic ring is 1. The van der Waals surface area contributed by atoms with Crippen molar-refractivity contribution in [3.8, 4) is 0 Å². The summed E-state index contributed by atoms with van der Waals surface area (Å²) in [5, 5.41) is 5.05. The van der Waals surface area contributed by atoms with Crippen molar-refractivity contribution in [2.75, 3.05) is 5.73 Å². The molecule has 2 heterocycles. The molecule has 23 heavy (non-hydrogen) atoms. The number of aryl methyl sites for hydroxylation is 1. The molecule has 3 N–H and O–H groups in total. The third kappa shape index (κ3) is 2.55. The largest absolute Gasteiger partial charge is 0.397 e. The number of amides is 1. The van der Waals surface area contributed by atoms with Gasteiger partial charge in [-0.1, -0.05) is 24.5 Å². The second kappa shape index (κ2) is 5.49. The van der Waals surface area contributed by atoms with Crippen LogP contribution in [0.4, 0.5) is 5.69 Å². The van der Waals surface area contributed by atoms with Gasteiger partial charge in [-0.05, 0) is 38.0 Å². The van der Waals surface area contributed by atoms with E-state index in [1.54, 1.807) is 0 Å². The van der Waals surface area contributed by atoms with Crippen LogP contribution in [0.3, 0.4) is 0 Å². The Morgan fingerprint density at radius 3 is 2.87 bits per heavy atom. The Labute approximate surface area is 138 Å².